The zero-order chi connectivity index (χ0) is 13.4. The number of imidazole rings is 1. The molecule has 0 atom stereocenters. The van der Waals surface area contributed by atoms with Gasteiger partial charge in [0.1, 0.15) is 5.82 Å². The number of carbonyl (C=O) groups excluding carboxylic acids is 1. The Morgan fingerprint density at radius 1 is 1.32 bits per heavy atom. The number of aromatic nitrogens is 2. The molecule has 2 aliphatic heterocycles. The van der Waals surface area contributed by atoms with E-state index in [0.29, 0.717) is 0 Å². The van der Waals surface area contributed by atoms with Crippen molar-refractivity contribution in [1.82, 2.24) is 19.8 Å². The zero-order valence-electron chi connectivity index (χ0n) is 11.8. The number of carbonyl (C=O) groups is 1. The van der Waals surface area contributed by atoms with Crippen molar-refractivity contribution >= 4 is 6.03 Å². The van der Waals surface area contributed by atoms with Gasteiger partial charge in [0.15, 0.2) is 0 Å². The molecule has 2 aliphatic rings. The minimum absolute atomic E-state index is 0.113. The average molecular weight is 262 g/mol. The molecule has 0 saturated carbocycles. The van der Waals surface area contributed by atoms with Gasteiger partial charge in [-0.1, -0.05) is 0 Å². The molecular formula is C14H22N4O. The van der Waals surface area contributed by atoms with Crippen molar-refractivity contribution in [3.63, 3.8) is 0 Å². The maximum Gasteiger partial charge on any atom is 0.330 e. The van der Waals surface area contributed by atoms with Crippen LogP contribution in [0, 0.1) is 19.8 Å². The molecule has 1 N–H and O–H groups in total. The summed E-state index contributed by atoms with van der Waals surface area (Å²) in [5, 5.41) is 3.38. The summed E-state index contributed by atoms with van der Waals surface area (Å²) in [5.41, 5.74) is 2.07. The van der Waals surface area contributed by atoms with Gasteiger partial charge in [0.2, 0.25) is 0 Å². The number of amides is 1. The summed E-state index contributed by atoms with van der Waals surface area (Å²) in [6.45, 7) is 7.76. The molecule has 1 fully saturated rings. The molecule has 0 aromatic carbocycles. The van der Waals surface area contributed by atoms with E-state index in [1.165, 1.54) is 12.8 Å². The van der Waals surface area contributed by atoms with Crippen LogP contribution in [0.1, 0.15) is 36.5 Å². The lowest BCUT2D eigenvalue weighted by atomic mass is 9.94. The van der Waals surface area contributed by atoms with Crippen molar-refractivity contribution in [2.24, 2.45) is 5.92 Å². The van der Waals surface area contributed by atoms with Gasteiger partial charge in [-0.25, -0.2) is 9.78 Å². The molecule has 0 unspecified atom stereocenters. The van der Waals surface area contributed by atoms with Gasteiger partial charge in [0.25, 0.3) is 0 Å². The van der Waals surface area contributed by atoms with E-state index in [-0.39, 0.29) is 6.03 Å². The highest BCUT2D eigenvalue weighted by molar-refractivity contribution is 5.81. The molecule has 1 aromatic heterocycles. The van der Waals surface area contributed by atoms with E-state index < -0.39 is 0 Å². The molecule has 1 aromatic rings. The lowest BCUT2D eigenvalue weighted by molar-refractivity contribution is 0.201. The first-order valence-corrected chi connectivity index (χ1v) is 7.21. The van der Waals surface area contributed by atoms with Crippen molar-refractivity contribution in [1.29, 1.82) is 0 Å². The predicted molar refractivity (Wildman–Crippen MR) is 73.1 cm³/mol. The van der Waals surface area contributed by atoms with Crippen LogP contribution in [-0.4, -0.2) is 40.1 Å². The van der Waals surface area contributed by atoms with Crippen LogP contribution >= 0.6 is 0 Å². The van der Waals surface area contributed by atoms with Gasteiger partial charge >= 0.3 is 6.03 Å². The highest BCUT2D eigenvalue weighted by atomic mass is 16.2. The van der Waals surface area contributed by atoms with Crippen molar-refractivity contribution in [3.05, 3.63) is 17.2 Å². The molecule has 3 heterocycles. The second-order valence-electron chi connectivity index (χ2n) is 5.71. The van der Waals surface area contributed by atoms with Crippen LogP contribution in [0.2, 0.25) is 0 Å². The standard InChI is InChI=1S/C14H22N4O/c1-10-13-9-17(14(19)18(13)11(2)16-10)8-5-12-3-6-15-7-4-12/h12,15H,3-9H2,1-2H3. The zero-order valence-corrected chi connectivity index (χ0v) is 11.8. The van der Waals surface area contributed by atoms with Crippen LogP contribution < -0.4 is 5.32 Å². The van der Waals surface area contributed by atoms with Crippen LogP contribution in [0.15, 0.2) is 0 Å². The summed E-state index contributed by atoms with van der Waals surface area (Å²) in [5.74, 6) is 1.59. The average Bonchev–Trinajstić information content (AvgIpc) is 2.88. The smallest absolute Gasteiger partial charge is 0.318 e. The minimum atomic E-state index is 0.113. The van der Waals surface area contributed by atoms with E-state index in [9.17, 15) is 4.79 Å². The normalized spacial score (nSPS) is 20.1. The number of fused-ring (bicyclic) bond motifs is 1. The van der Waals surface area contributed by atoms with E-state index in [2.05, 4.69) is 10.3 Å². The van der Waals surface area contributed by atoms with E-state index >= 15 is 0 Å². The molecule has 0 spiro atoms. The molecule has 3 rings (SSSR count). The number of nitrogens with one attached hydrogen (secondary N) is 1. The monoisotopic (exact) mass is 262 g/mol. The molecule has 19 heavy (non-hydrogen) atoms. The number of aryl methyl sites for hydroxylation is 2. The van der Waals surface area contributed by atoms with E-state index in [1.807, 2.05) is 18.7 Å². The van der Waals surface area contributed by atoms with E-state index in [0.717, 1.165) is 55.7 Å². The Bertz CT molecular complexity index is 488. The molecule has 5 nitrogen and oxygen atoms in total. The van der Waals surface area contributed by atoms with E-state index in [4.69, 9.17) is 0 Å². The Morgan fingerprint density at radius 3 is 2.74 bits per heavy atom. The van der Waals surface area contributed by atoms with Crippen LogP contribution in [-0.2, 0) is 6.54 Å². The molecule has 5 heteroatoms. The number of rotatable bonds is 3. The third-order valence-corrected chi connectivity index (χ3v) is 4.41. The third-order valence-electron chi connectivity index (χ3n) is 4.41. The lowest BCUT2D eigenvalue weighted by Gasteiger charge is -2.24. The number of hydrogen-bond acceptors (Lipinski definition) is 3. The summed E-state index contributed by atoms with van der Waals surface area (Å²) in [4.78, 5) is 18.7. The van der Waals surface area contributed by atoms with Gasteiger partial charge < -0.3 is 10.2 Å². The number of hydrogen-bond donors (Lipinski definition) is 1. The van der Waals surface area contributed by atoms with Crippen LogP contribution in [0.4, 0.5) is 4.79 Å². The van der Waals surface area contributed by atoms with Crippen molar-refractivity contribution in [2.75, 3.05) is 19.6 Å². The molecule has 104 valence electrons. The predicted octanol–water partition coefficient (Wildman–Crippen LogP) is 1.67. The first-order chi connectivity index (χ1) is 9.16. The molecule has 1 saturated heterocycles. The topological polar surface area (TPSA) is 50.2 Å². The fraction of sp³-hybridized carbons (Fsp3) is 0.714. The second-order valence-corrected chi connectivity index (χ2v) is 5.71. The fourth-order valence-corrected chi connectivity index (χ4v) is 3.23. The van der Waals surface area contributed by atoms with Crippen LogP contribution in [0.5, 0.6) is 0 Å². The molecular weight excluding hydrogens is 240 g/mol. The van der Waals surface area contributed by atoms with Gasteiger partial charge in [0, 0.05) is 6.54 Å². The van der Waals surface area contributed by atoms with Crippen molar-refractivity contribution in [3.8, 4) is 0 Å². The Hall–Kier alpha value is -1.36. The summed E-state index contributed by atoms with van der Waals surface area (Å²) in [6.07, 6.45) is 3.62. The quantitative estimate of drug-likeness (QED) is 0.901. The summed E-state index contributed by atoms with van der Waals surface area (Å²) in [7, 11) is 0. The Balaban J connectivity index is 1.62. The maximum absolute atomic E-state index is 12.3. The van der Waals surface area contributed by atoms with Gasteiger partial charge in [0.05, 0.1) is 17.9 Å². The summed E-state index contributed by atoms with van der Waals surface area (Å²) in [6, 6.07) is 0.113. The first-order valence-electron chi connectivity index (χ1n) is 7.21. The Labute approximate surface area is 114 Å². The molecule has 1 amide bonds. The van der Waals surface area contributed by atoms with Gasteiger partial charge in [-0.2, -0.15) is 0 Å². The lowest BCUT2D eigenvalue weighted by Crippen LogP contribution is -2.32. The van der Waals surface area contributed by atoms with Gasteiger partial charge in [-0.15, -0.1) is 0 Å². The third kappa shape index (κ3) is 2.27. The van der Waals surface area contributed by atoms with Gasteiger partial charge in [-0.3, -0.25) is 4.57 Å². The maximum atomic E-state index is 12.3. The summed E-state index contributed by atoms with van der Waals surface area (Å²) >= 11 is 0. The van der Waals surface area contributed by atoms with Crippen molar-refractivity contribution in [2.45, 2.75) is 39.7 Å². The SMILES string of the molecule is Cc1nc(C)n2c1CN(CCC1CCNCC1)C2=O. The number of piperidine rings is 1. The Morgan fingerprint density at radius 2 is 2.05 bits per heavy atom. The minimum Gasteiger partial charge on any atom is -0.318 e. The van der Waals surface area contributed by atoms with Crippen molar-refractivity contribution < 1.29 is 4.79 Å². The van der Waals surface area contributed by atoms with Crippen LogP contribution in [0.3, 0.4) is 0 Å². The second kappa shape index (κ2) is 4.96. The highest BCUT2D eigenvalue weighted by Crippen LogP contribution is 2.24. The fourth-order valence-electron chi connectivity index (χ4n) is 3.23. The largest absolute Gasteiger partial charge is 0.330 e. The molecule has 0 radical (unpaired) electrons. The first kappa shape index (κ1) is 12.7. The highest BCUT2D eigenvalue weighted by Gasteiger charge is 2.31. The molecule has 0 aliphatic carbocycles. The van der Waals surface area contributed by atoms with E-state index in [1.54, 1.807) is 4.57 Å². The summed E-state index contributed by atoms with van der Waals surface area (Å²) < 4.78 is 1.78. The van der Waals surface area contributed by atoms with Crippen LogP contribution in [0.25, 0.3) is 0 Å². The molecule has 0 bridgehead atoms. The van der Waals surface area contributed by atoms with Gasteiger partial charge in [-0.05, 0) is 52.1 Å². The number of nitrogens with zero attached hydrogens (tertiary/aromatic N) is 3. The Kier molecular flexibility index (Phi) is 3.31.